The lowest BCUT2D eigenvalue weighted by Gasteiger charge is -2.31. The summed E-state index contributed by atoms with van der Waals surface area (Å²) in [7, 11) is 0. The number of hydrogen-bond donors (Lipinski definition) is 0. The summed E-state index contributed by atoms with van der Waals surface area (Å²) in [5.74, 6) is 0. The molecule has 0 saturated carbocycles. The number of morpholine rings is 1. The van der Waals surface area contributed by atoms with Crippen molar-refractivity contribution in [1.29, 1.82) is 0 Å². The largest absolute Gasteiger partial charge is 0.378 e. The maximum absolute atomic E-state index is 5.62. The van der Waals surface area contributed by atoms with Crippen LogP contribution < -0.4 is 4.90 Å². The molecule has 1 heterocycles. The molecule has 32 heavy (non-hydrogen) atoms. The highest BCUT2D eigenvalue weighted by atomic mass is 127. The minimum atomic E-state index is 0.789. The number of ether oxygens (including phenoxy) is 1. The molecule has 0 spiro atoms. The summed E-state index contributed by atoms with van der Waals surface area (Å²) in [6.07, 6.45) is 6.53. The van der Waals surface area contributed by atoms with Crippen LogP contribution >= 0.6 is 22.6 Å². The molecule has 1 aliphatic heterocycles. The molecule has 4 nitrogen and oxygen atoms in total. The number of aliphatic imine (C=N–C) groups is 1. The van der Waals surface area contributed by atoms with E-state index in [4.69, 9.17) is 9.73 Å². The van der Waals surface area contributed by atoms with Gasteiger partial charge in [0.15, 0.2) is 0 Å². The van der Waals surface area contributed by atoms with Gasteiger partial charge in [0.05, 0.1) is 18.9 Å². The Morgan fingerprint density at radius 3 is 2.31 bits per heavy atom. The minimum Gasteiger partial charge on any atom is -0.378 e. The lowest BCUT2D eigenvalue weighted by Crippen LogP contribution is -2.36. The first-order valence-electron chi connectivity index (χ1n) is 11.6. The average Bonchev–Trinajstić information content (AvgIpc) is 3.23. The number of anilines is 1. The molecule has 0 atom stereocenters. The fourth-order valence-electron chi connectivity index (χ4n) is 4.42. The lowest BCUT2D eigenvalue weighted by atomic mass is 10.1. The van der Waals surface area contributed by atoms with E-state index >= 15 is 0 Å². The summed E-state index contributed by atoms with van der Waals surface area (Å²) in [6.45, 7) is 9.93. The van der Waals surface area contributed by atoms with Crippen LogP contribution in [0.4, 0.5) is 11.4 Å². The van der Waals surface area contributed by atoms with E-state index in [1.807, 2.05) is 0 Å². The summed E-state index contributed by atoms with van der Waals surface area (Å²) in [6, 6.07) is 17.3. The molecule has 168 valence electrons. The standard InChI is InChI=1S/C27H32IN3O/c1-3-30(4-2)26-13-5-21(6-14-26)19-22-7-8-23(27(22)31-15-17-32-18-16-31)20-29-25-11-9-24(28)10-12-25/h5-6,9-14,19-20H,3-4,7-8,15-18H2,1-2H3/b22-19+,29-20?. The van der Waals surface area contributed by atoms with Crippen LogP contribution in [-0.4, -0.2) is 50.5 Å². The average molecular weight is 541 g/mol. The molecule has 4 rings (SSSR count). The molecule has 0 bridgehead atoms. The molecule has 1 saturated heterocycles. The second kappa shape index (κ2) is 11.1. The highest BCUT2D eigenvalue weighted by Crippen LogP contribution is 2.35. The first kappa shape index (κ1) is 23.1. The monoisotopic (exact) mass is 541 g/mol. The van der Waals surface area contributed by atoms with Crippen molar-refractivity contribution in [2.24, 2.45) is 4.99 Å². The Hall–Kier alpha value is -2.12. The highest BCUT2D eigenvalue weighted by Gasteiger charge is 2.25. The minimum absolute atomic E-state index is 0.789. The zero-order valence-electron chi connectivity index (χ0n) is 19.1. The van der Waals surface area contributed by atoms with Crippen LogP contribution in [0.25, 0.3) is 6.08 Å². The van der Waals surface area contributed by atoms with Crippen LogP contribution in [0, 0.1) is 3.57 Å². The van der Waals surface area contributed by atoms with Crippen molar-refractivity contribution in [2.45, 2.75) is 26.7 Å². The van der Waals surface area contributed by atoms with Crippen LogP contribution in [-0.2, 0) is 4.74 Å². The summed E-state index contributed by atoms with van der Waals surface area (Å²) in [5, 5.41) is 0. The van der Waals surface area contributed by atoms with Gasteiger partial charge in [-0.05, 0) is 108 Å². The van der Waals surface area contributed by atoms with Gasteiger partial charge in [-0.3, -0.25) is 4.99 Å². The first-order chi connectivity index (χ1) is 15.7. The molecule has 1 fully saturated rings. The van der Waals surface area contributed by atoms with Gasteiger partial charge in [0, 0.05) is 47.3 Å². The van der Waals surface area contributed by atoms with Gasteiger partial charge in [-0.1, -0.05) is 12.1 Å². The van der Waals surface area contributed by atoms with E-state index in [0.29, 0.717) is 0 Å². The van der Waals surface area contributed by atoms with E-state index < -0.39 is 0 Å². The van der Waals surface area contributed by atoms with Crippen molar-refractivity contribution in [3.8, 4) is 0 Å². The topological polar surface area (TPSA) is 28.1 Å². The van der Waals surface area contributed by atoms with Crippen molar-refractivity contribution < 1.29 is 4.74 Å². The molecule has 2 aromatic carbocycles. The Labute approximate surface area is 205 Å². The van der Waals surface area contributed by atoms with Gasteiger partial charge in [0.1, 0.15) is 0 Å². The van der Waals surface area contributed by atoms with E-state index in [-0.39, 0.29) is 0 Å². The van der Waals surface area contributed by atoms with Crippen molar-refractivity contribution in [3.63, 3.8) is 0 Å². The zero-order chi connectivity index (χ0) is 22.3. The smallest absolute Gasteiger partial charge is 0.0642 e. The third kappa shape index (κ3) is 5.62. The Bertz CT molecular complexity index is 983. The molecule has 0 N–H and O–H groups in total. The van der Waals surface area contributed by atoms with Crippen LogP contribution in [0.2, 0.25) is 0 Å². The van der Waals surface area contributed by atoms with Gasteiger partial charge < -0.3 is 14.5 Å². The predicted octanol–water partition coefficient (Wildman–Crippen LogP) is 6.30. The Kier molecular flexibility index (Phi) is 8.03. The maximum Gasteiger partial charge on any atom is 0.0642 e. The van der Waals surface area contributed by atoms with Crippen molar-refractivity contribution >= 4 is 46.3 Å². The fourth-order valence-corrected chi connectivity index (χ4v) is 4.78. The summed E-state index contributed by atoms with van der Waals surface area (Å²) >= 11 is 2.33. The molecule has 5 heteroatoms. The number of hydrogen-bond acceptors (Lipinski definition) is 4. The van der Waals surface area contributed by atoms with E-state index in [9.17, 15) is 0 Å². The molecule has 0 aromatic heterocycles. The summed E-state index contributed by atoms with van der Waals surface area (Å²) in [5.41, 5.74) is 7.65. The summed E-state index contributed by atoms with van der Waals surface area (Å²) < 4.78 is 6.85. The highest BCUT2D eigenvalue weighted by molar-refractivity contribution is 14.1. The molecular formula is C27H32IN3O. The Balaban J connectivity index is 1.62. The second-order valence-corrected chi connectivity index (χ2v) is 9.39. The zero-order valence-corrected chi connectivity index (χ0v) is 21.2. The number of rotatable bonds is 7. The molecule has 2 aliphatic rings. The van der Waals surface area contributed by atoms with Crippen molar-refractivity contribution in [3.05, 3.63) is 74.5 Å². The molecule has 0 unspecified atom stereocenters. The predicted molar refractivity (Wildman–Crippen MR) is 144 cm³/mol. The molecular weight excluding hydrogens is 509 g/mol. The fraction of sp³-hybridized carbons (Fsp3) is 0.370. The van der Waals surface area contributed by atoms with Gasteiger partial charge >= 0.3 is 0 Å². The third-order valence-corrected chi connectivity index (χ3v) is 6.88. The van der Waals surface area contributed by atoms with Crippen molar-refractivity contribution in [1.82, 2.24) is 4.90 Å². The second-order valence-electron chi connectivity index (χ2n) is 8.14. The number of allylic oxidation sites excluding steroid dienone is 2. The summed E-state index contributed by atoms with van der Waals surface area (Å²) in [4.78, 5) is 9.66. The lowest BCUT2D eigenvalue weighted by molar-refractivity contribution is 0.0548. The number of benzene rings is 2. The molecule has 0 radical (unpaired) electrons. The van der Waals surface area contributed by atoms with Gasteiger partial charge in [0.25, 0.3) is 0 Å². The van der Waals surface area contributed by atoms with Crippen LogP contribution in [0.5, 0.6) is 0 Å². The van der Waals surface area contributed by atoms with E-state index in [0.717, 1.165) is 57.9 Å². The van der Waals surface area contributed by atoms with Crippen LogP contribution in [0.1, 0.15) is 32.3 Å². The quantitative estimate of drug-likeness (QED) is 0.304. The molecule has 0 amide bonds. The Morgan fingerprint density at radius 2 is 1.66 bits per heavy atom. The van der Waals surface area contributed by atoms with Crippen LogP contribution in [0.3, 0.4) is 0 Å². The van der Waals surface area contributed by atoms with Gasteiger partial charge in [-0.15, -0.1) is 0 Å². The van der Waals surface area contributed by atoms with Gasteiger partial charge in [-0.2, -0.15) is 0 Å². The third-order valence-electron chi connectivity index (χ3n) is 6.16. The van der Waals surface area contributed by atoms with Gasteiger partial charge in [-0.25, -0.2) is 0 Å². The SMILES string of the molecule is CCN(CC)c1ccc(/C=C2\CCC(C=Nc3ccc(I)cc3)=C2N2CCOCC2)cc1. The van der Waals surface area contributed by atoms with E-state index in [2.05, 4.69) is 107 Å². The first-order valence-corrected chi connectivity index (χ1v) is 12.7. The number of nitrogens with zero attached hydrogens (tertiary/aromatic N) is 3. The Morgan fingerprint density at radius 1 is 0.969 bits per heavy atom. The normalized spacial score (nSPS) is 18.2. The van der Waals surface area contributed by atoms with E-state index in [1.165, 1.54) is 31.7 Å². The number of halogens is 1. The van der Waals surface area contributed by atoms with Gasteiger partial charge in [0.2, 0.25) is 0 Å². The van der Waals surface area contributed by atoms with E-state index in [1.54, 1.807) is 0 Å². The van der Waals surface area contributed by atoms with Crippen LogP contribution in [0.15, 0.2) is 70.4 Å². The maximum atomic E-state index is 5.62. The van der Waals surface area contributed by atoms with Crippen molar-refractivity contribution in [2.75, 3.05) is 44.3 Å². The molecule has 1 aliphatic carbocycles. The molecule has 2 aromatic rings.